The van der Waals surface area contributed by atoms with Crippen LogP contribution in [0.3, 0.4) is 0 Å². The van der Waals surface area contributed by atoms with Crippen molar-refractivity contribution in [2.75, 3.05) is 38.0 Å². The Morgan fingerprint density at radius 3 is 2.77 bits per heavy atom. The van der Waals surface area contributed by atoms with Gasteiger partial charge in [-0.3, -0.25) is 9.59 Å². The number of nitrogens with zero attached hydrogens (tertiary/aromatic N) is 1. The van der Waals surface area contributed by atoms with Crippen molar-refractivity contribution >= 4 is 29.3 Å². The number of rotatable bonds is 8. The number of hydrogen-bond donors (Lipinski definition) is 2. The van der Waals surface area contributed by atoms with Crippen LogP contribution in [0.25, 0.3) is 0 Å². The third kappa shape index (κ3) is 6.36. The van der Waals surface area contributed by atoms with Gasteiger partial charge in [0.1, 0.15) is 5.75 Å². The highest BCUT2D eigenvalue weighted by Gasteiger charge is 2.13. The summed E-state index contributed by atoms with van der Waals surface area (Å²) >= 11 is 1.65. The van der Waals surface area contributed by atoms with Gasteiger partial charge in [0.05, 0.1) is 6.04 Å². The molecule has 0 saturated heterocycles. The normalized spacial score (nSPS) is 11.6. The summed E-state index contributed by atoms with van der Waals surface area (Å²) in [7, 11) is 3.33. The van der Waals surface area contributed by atoms with Gasteiger partial charge in [-0.1, -0.05) is 6.07 Å². The molecule has 0 bridgehead atoms. The van der Waals surface area contributed by atoms with Crippen LogP contribution in [0.4, 0.5) is 5.69 Å². The van der Waals surface area contributed by atoms with E-state index in [1.165, 1.54) is 4.90 Å². The van der Waals surface area contributed by atoms with Crippen LogP contribution in [0.15, 0.2) is 24.3 Å². The molecule has 0 aliphatic heterocycles. The molecule has 1 rings (SSSR count). The molecule has 0 spiro atoms. The Morgan fingerprint density at radius 1 is 1.41 bits per heavy atom. The SMILES string of the molecule is CSCC[C@H](N)C(=O)Nc1cccc(OCC(=O)N(C)C)c1. The first-order valence-corrected chi connectivity index (χ1v) is 8.32. The number of ether oxygens (including phenoxy) is 1. The molecule has 1 aromatic rings. The Bertz CT molecular complexity index is 509. The number of benzene rings is 1. The molecule has 0 aliphatic rings. The summed E-state index contributed by atoms with van der Waals surface area (Å²) in [5, 5.41) is 2.75. The summed E-state index contributed by atoms with van der Waals surface area (Å²) in [6, 6.07) is 6.36. The van der Waals surface area contributed by atoms with Crippen LogP contribution >= 0.6 is 11.8 Å². The zero-order valence-electron chi connectivity index (χ0n) is 13.2. The molecule has 1 aromatic carbocycles. The van der Waals surface area contributed by atoms with E-state index in [4.69, 9.17) is 10.5 Å². The Kier molecular flexibility index (Phi) is 7.76. The van der Waals surface area contributed by atoms with Crippen LogP contribution in [0.5, 0.6) is 5.75 Å². The number of nitrogens with one attached hydrogen (secondary N) is 1. The Balaban J connectivity index is 2.56. The van der Waals surface area contributed by atoms with Crippen LogP contribution in [0, 0.1) is 0 Å². The number of nitrogens with two attached hydrogens (primary N) is 1. The highest BCUT2D eigenvalue weighted by molar-refractivity contribution is 7.98. The number of carbonyl (C=O) groups is 2. The summed E-state index contributed by atoms with van der Waals surface area (Å²) in [6.45, 7) is -0.0440. The molecule has 0 fully saturated rings. The molecule has 2 amide bonds. The maximum absolute atomic E-state index is 11.9. The highest BCUT2D eigenvalue weighted by atomic mass is 32.2. The molecular weight excluding hydrogens is 302 g/mol. The maximum Gasteiger partial charge on any atom is 0.259 e. The molecule has 0 radical (unpaired) electrons. The second-order valence-corrected chi connectivity index (χ2v) is 5.97. The molecule has 122 valence electrons. The largest absolute Gasteiger partial charge is 0.484 e. The molecule has 22 heavy (non-hydrogen) atoms. The second-order valence-electron chi connectivity index (χ2n) is 4.98. The van der Waals surface area contributed by atoms with Crippen LogP contribution in [-0.4, -0.2) is 55.5 Å². The standard InChI is InChI=1S/C15H23N3O3S/c1-18(2)14(19)10-21-12-6-4-5-11(9-12)17-15(20)13(16)7-8-22-3/h4-6,9,13H,7-8,10,16H2,1-3H3,(H,17,20)/t13-/m0/s1. The van der Waals surface area contributed by atoms with E-state index in [0.717, 1.165) is 5.75 Å². The predicted molar refractivity (Wildman–Crippen MR) is 90.2 cm³/mol. The molecular formula is C15H23N3O3S. The molecule has 0 unspecified atom stereocenters. The van der Waals surface area contributed by atoms with E-state index in [9.17, 15) is 9.59 Å². The number of thioether (sulfide) groups is 1. The van der Waals surface area contributed by atoms with Crippen molar-refractivity contribution < 1.29 is 14.3 Å². The zero-order chi connectivity index (χ0) is 16.5. The van der Waals surface area contributed by atoms with Gasteiger partial charge in [-0.05, 0) is 30.6 Å². The van der Waals surface area contributed by atoms with E-state index < -0.39 is 6.04 Å². The van der Waals surface area contributed by atoms with Crippen molar-refractivity contribution in [1.29, 1.82) is 0 Å². The molecule has 6 nitrogen and oxygen atoms in total. The Labute approximate surface area is 135 Å². The number of anilines is 1. The van der Waals surface area contributed by atoms with Crippen LogP contribution in [0.2, 0.25) is 0 Å². The molecule has 0 heterocycles. The smallest absolute Gasteiger partial charge is 0.259 e. The summed E-state index contributed by atoms with van der Waals surface area (Å²) in [5.74, 6) is 1.000. The summed E-state index contributed by atoms with van der Waals surface area (Å²) in [4.78, 5) is 24.9. The monoisotopic (exact) mass is 325 g/mol. The lowest BCUT2D eigenvalue weighted by atomic mass is 10.2. The van der Waals surface area contributed by atoms with Gasteiger partial charge in [0, 0.05) is 25.8 Å². The van der Waals surface area contributed by atoms with Gasteiger partial charge in [0.25, 0.3) is 5.91 Å². The van der Waals surface area contributed by atoms with E-state index in [0.29, 0.717) is 17.9 Å². The third-order valence-corrected chi connectivity index (χ3v) is 3.58. The van der Waals surface area contributed by atoms with Gasteiger partial charge in [-0.15, -0.1) is 0 Å². The number of carbonyl (C=O) groups excluding carboxylic acids is 2. The van der Waals surface area contributed by atoms with Gasteiger partial charge in [-0.25, -0.2) is 0 Å². The molecule has 0 aromatic heterocycles. The van der Waals surface area contributed by atoms with E-state index in [-0.39, 0.29) is 18.4 Å². The van der Waals surface area contributed by atoms with Gasteiger partial charge in [0.15, 0.2) is 6.61 Å². The summed E-state index contributed by atoms with van der Waals surface area (Å²) in [5.41, 5.74) is 6.41. The second kappa shape index (κ2) is 9.32. The van der Waals surface area contributed by atoms with Gasteiger partial charge in [-0.2, -0.15) is 11.8 Å². The molecule has 0 saturated carbocycles. The lowest BCUT2D eigenvalue weighted by Gasteiger charge is -2.14. The van der Waals surface area contributed by atoms with Crippen molar-refractivity contribution in [3.63, 3.8) is 0 Å². The first kappa shape index (κ1) is 18.3. The minimum atomic E-state index is -0.535. The number of hydrogen-bond acceptors (Lipinski definition) is 5. The molecule has 1 atom stereocenters. The van der Waals surface area contributed by atoms with Crippen LogP contribution < -0.4 is 15.8 Å². The van der Waals surface area contributed by atoms with Gasteiger partial charge in [0.2, 0.25) is 5.91 Å². The quantitative estimate of drug-likeness (QED) is 0.749. The van der Waals surface area contributed by atoms with Crippen molar-refractivity contribution in [2.24, 2.45) is 5.73 Å². The van der Waals surface area contributed by atoms with E-state index in [1.807, 2.05) is 6.26 Å². The van der Waals surface area contributed by atoms with Crippen LogP contribution in [0.1, 0.15) is 6.42 Å². The van der Waals surface area contributed by atoms with Gasteiger partial charge >= 0.3 is 0 Å². The van der Waals surface area contributed by atoms with Crippen molar-refractivity contribution in [2.45, 2.75) is 12.5 Å². The first-order chi connectivity index (χ1) is 10.4. The molecule has 0 aliphatic carbocycles. The van der Waals surface area contributed by atoms with Crippen molar-refractivity contribution in [3.05, 3.63) is 24.3 Å². The van der Waals surface area contributed by atoms with Crippen molar-refractivity contribution in [3.8, 4) is 5.75 Å². The topological polar surface area (TPSA) is 84.7 Å². The maximum atomic E-state index is 11.9. The fourth-order valence-electron chi connectivity index (χ4n) is 1.55. The van der Waals surface area contributed by atoms with Crippen LogP contribution in [-0.2, 0) is 9.59 Å². The fourth-order valence-corrected chi connectivity index (χ4v) is 2.04. The molecule has 3 N–H and O–H groups in total. The van der Waals surface area contributed by atoms with E-state index >= 15 is 0 Å². The zero-order valence-corrected chi connectivity index (χ0v) is 14.0. The average molecular weight is 325 g/mol. The Hall–Kier alpha value is -1.73. The predicted octanol–water partition coefficient (Wildman–Crippen LogP) is 1.17. The lowest BCUT2D eigenvalue weighted by molar-refractivity contribution is -0.130. The molecule has 7 heteroatoms. The van der Waals surface area contributed by atoms with E-state index in [1.54, 1.807) is 50.1 Å². The van der Waals surface area contributed by atoms with Crippen molar-refractivity contribution in [1.82, 2.24) is 4.90 Å². The Morgan fingerprint density at radius 2 is 2.14 bits per heavy atom. The average Bonchev–Trinajstić information content (AvgIpc) is 2.50. The summed E-state index contributed by atoms with van der Waals surface area (Å²) in [6.07, 6.45) is 2.60. The first-order valence-electron chi connectivity index (χ1n) is 6.92. The minimum Gasteiger partial charge on any atom is -0.484 e. The minimum absolute atomic E-state index is 0.0440. The number of amides is 2. The highest BCUT2D eigenvalue weighted by Crippen LogP contribution is 2.17. The lowest BCUT2D eigenvalue weighted by Crippen LogP contribution is -2.36. The van der Waals surface area contributed by atoms with E-state index in [2.05, 4.69) is 5.32 Å². The third-order valence-electron chi connectivity index (χ3n) is 2.93. The summed E-state index contributed by atoms with van der Waals surface area (Å²) < 4.78 is 5.40. The number of likely N-dealkylation sites (N-methyl/N-ethyl adjacent to an activating group) is 1. The van der Waals surface area contributed by atoms with Gasteiger partial charge < -0.3 is 20.7 Å². The fraction of sp³-hybridized carbons (Fsp3) is 0.467.